The topological polar surface area (TPSA) is 46.2 Å². The lowest BCUT2D eigenvalue weighted by atomic mass is 10.1. The maximum Gasteiger partial charge on any atom is 0.241 e. The summed E-state index contributed by atoms with van der Waals surface area (Å²) < 4.78 is 28.3. The molecule has 3 aromatic carbocycles. The minimum absolute atomic E-state index is 0.130. The molecule has 0 saturated carbocycles. The van der Waals surface area contributed by atoms with Crippen LogP contribution in [-0.4, -0.2) is 14.5 Å². The van der Waals surface area contributed by atoms with Gasteiger partial charge in [-0.25, -0.2) is 13.1 Å². The van der Waals surface area contributed by atoms with Crippen molar-refractivity contribution in [3.05, 3.63) is 78.4 Å². The Bertz CT molecular complexity index is 915. The van der Waals surface area contributed by atoms with Crippen LogP contribution < -0.4 is 4.72 Å². The zero-order valence-corrected chi connectivity index (χ0v) is 14.5. The van der Waals surface area contributed by atoms with Crippen LogP contribution in [0.4, 0.5) is 0 Å². The molecule has 0 saturated heterocycles. The van der Waals surface area contributed by atoms with Crippen LogP contribution in [0.15, 0.2) is 77.7 Å². The summed E-state index contributed by atoms with van der Waals surface area (Å²) in [6, 6.07) is 22.9. The lowest BCUT2D eigenvalue weighted by molar-refractivity contribution is 0.547. The molecule has 0 aliphatic carbocycles. The van der Waals surface area contributed by atoms with Crippen LogP contribution in [0.1, 0.15) is 18.9 Å². The van der Waals surface area contributed by atoms with Crippen molar-refractivity contribution in [2.75, 3.05) is 0 Å². The van der Waals surface area contributed by atoms with Crippen LogP contribution in [-0.2, 0) is 16.4 Å². The van der Waals surface area contributed by atoms with Crippen molar-refractivity contribution in [3.63, 3.8) is 0 Å². The standard InChI is InChI=1S/C20H21NO2S/c1-16(14-15-17-8-3-2-4-9-17)21-24(22,23)20-13-7-11-18-10-5-6-12-19(18)20/h2-13,16,21H,14-15H2,1H3. The van der Waals surface area contributed by atoms with Crippen LogP contribution in [0.5, 0.6) is 0 Å². The second-order valence-electron chi connectivity index (χ2n) is 6.02. The summed E-state index contributed by atoms with van der Waals surface area (Å²) in [5.41, 5.74) is 1.22. The lowest BCUT2D eigenvalue weighted by Crippen LogP contribution is -2.33. The van der Waals surface area contributed by atoms with E-state index in [4.69, 9.17) is 0 Å². The second-order valence-corrected chi connectivity index (χ2v) is 7.71. The third-order valence-electron chi connectivity index (χ3n) is 4.10. The molecule has 1 N–H and O–H groups in total. The molecule has 0 aromatic heterocycles. The molecule has 1 unspecified atom stereocenters. The molecule has 0 amide bonds. The minimum atomic E-state index is -3.54. The summed E-state index contributed by atoms with van der Waals surface area (Å²) >= 11 is 0. The molecule has 0 spiro atoms. The molecule has 4 heteroatoms. The molecule has 0 heterocycles. The first-order valence-electron chi connectivity index (χ1n) is 8.10. The van der Waals surface area contributed by atoms with Gasteiger partial charge < -0.3 is 0 Å². The normalized spacial score (nSPS) is 13.0. The van der Waals surface area contributed by atoms with Gasteiger partial charge in [0.1, 0.15) is 0 Å². The largest absolute Gasteiger partial charge is 0.241 e. The Labute approximate surface area is 143 Å². The van der Waals surface area contributed by atoms with Gasteiger partial charge in [-0.2, -0.15) is 0 Å². The average molecular weight is 339 g/mol. The van der Waals surface area contributed by atoms with Crippen molar-refractivity contribution >= 4 is 20.8 Å². The summed E-state index contributed by atoms with van der Waals surface area (Å²) in [6.45, 7) is 1.91. The summed E-state index contributed by atoms with van der Waals surface area (Å²) in [5.74, 6) is 0. The minimum Gasteiger partial charge on any atom is -0.208 e. The number of fused-ring (bicyclic) bond motifs is 1. The van der Waals surface area contributed by atoms with E-state index in [1.54, 1.807) is 12.1 Å². The van der Waals surface area contributed by atoms with Crippen LogP contribution >= 0.6 is 0 Å². The third kappa shape index (κ3) is 3.83. The molecule has 0 radical (unpaired) electrons. The van der Waals surface area contributed by atoms with Crippen LogP contribution in [0.3, 0.4) is 0 Å². The fraction of sp³-hybridized carbons (Fsp3) is 0.200. The predicted molar refractivity (Wildman–Crippen MR) is 98.5 cm³/mol. The van der Waals surface area contributed by atoms with Crippen molar-refractivity contribution in [1.29, 1.82) is 0 Å². The van der Waals surface area contributed by atoms with Gasteiger partial charge in [-0.05, 0) is 36.8 Å². The first-order chi connectivity index (χ1) is 11.6. The molecule has 0 aliphatic heterocycles. The quantitative estimate of drug-likeness (QED) is 0.734. The number of hydrogen-bond acceptors (Lipinski definition) is 2. The molecule has 1 atom stereocenters. The van der Waals surface area contributed by atoms with E-state index in [0.29, 0.717) is 4.90 Å². The van der Waals surface area contributed by atoms with E-state index < -0.39 is 10.0 Å². The van der Waals surface area contributed by atoms with Crippen molar-refractivity contribution < 1.29 is 8.42 Å². The third-order valence-corrected chi connectivity index (χ3v) is 5.75. The monoisotopic (exact) mass is 339 g/mol. The molecule has 3 aromatic rings. The highest BCUT2D eigenvalue weighted by Gasteiger charge is 2.19. The summed E-state index contributed by atoms with van der Waals surface area (Å²) in [4.78, 5) is 0.340. The van der Waals surface area contributed by atoms with Gasteiger partial charge in [0.05, 0.1) is 4.90 Å². The van der Waals surface area contributed by atoms with Gasteiger partial charge in [0.25, 0.3) is 0 Å². The number of hydrogen-bond donors (Lipinski definition) is 1. The Kier molecular flexibility index (Phi) is 4.97. The van der Waals surface area contributed by atoms with Crippen molar-refractivity contribution in [2.45, 2.75) is 30.7 Å². The Morgan fingerprint density at radius 1 is 0.875 bits per heavy atom. The Hall–Kier alpha value is -2.17. The van der Waals surface area contributed by atoms with E-state index in [1.807, 2.05) is 55.5 Å². The molecule has 24 heavy (non-hydrogen) atoms. The van der Waals surface area contributed by atoms with Gasteiger partial charge >= 0.3 is 0 Å². The van der Waals surface area contributed by atoms with Gasteiger partial charge in [-0.3, -0.25) is 0 Å². The fourth-order valence-electron chi connectivity index (χ4n) is 2.85. The number of benzene rings is 3. The molecular formula is C20H21NO2S. The van der Waals surface area contributed by atoms with Gasteiger partial charge in [-0.1, -0.05) is 66.7 Å². The molecule has 3 rings (SSSR count). The summed E-state index contributed by atoms with van der Waals surface area (Å²) in [7, 11) is -3.54. The van der Waals surface area contributed by atoms with E-state index in [9.17, 15) is 8.42 Å². The fourth-order valence-corrected chi connectivity index (χ4v) is 4.35. The highest BCUT2D eigenvalue weighted by atomic mass is 32.2. The maximum absolute atomic E-state index is 12.8. The van der Waals surface area contributed by atoms with Crippen LogP contribution in [0.2, 0.25) is 0 Å². The molecule has 3 nitrogen and oxygen atoms in total. The van der Waals surface area contributed by atoms with Crippen molar-refractivity contribution in [3.8, 4) is 0 Å². The molecule has 0 bridgehead atoms. The highest BCUT2D eigenvalue weighted by molar-refractivity contribution is 7.89. The smallest absolute Gasteiger partial charge is 0.208 e. The van der Waals surface area contributed by atoms with Gasteiger partial charge in [0.15, 0.2) is 0 Å². The molecular weight excluding hydrogens is 318 g/mol. The van der Waals surface area contributed by atoms with Crippen LogP contribution in [0.25, 0.3) is 10.8 Å². The van der Waals surface area contributed by atoms with Crippen molar-refractivity contribution in [1.82, 2.24) is 4.72 Å². The SMILES string of the molecule is CC(CCc1ccccc1)NS(=O)(=O)c1cccc2ccccc12. The van der Waals surface area contributed by atoms with E-state index in [0.717, 1.165) is 23.6 Å². The van der Waals surface area contributed by atoms with Crippen molar-refractivity contribution in [2.24, 2.45) is 0 Å². The number of aryl methyl sites for hydroxylation is 1. The van der Waals surface area contributed by atoms with E-state index in [-0.39, 0.29) is 6.04 Å². The van der Waals surface area contributed by atoms with Crippen LogP contribution in [0, 0.1) is 0 Å². The van der Waals surface area contributed by atoms with E-state index >= 15 is 0 Å². The summed E-state index contributed by atoms with van der Waals surface area (Å²) in [5, 5.41) is 1.68. The second kappa shape index (κ2) is 7.16. The molecule has 0 aliphatic rings. The Morgan fingerprint density at radius 2 is 1.54 bits per heavy atom. The zero-order chi connectivity index (χ0) is 17.0. The predicted octanol–water partition coefficient (Wildman–Crippen LogP) is 4.14. The number of nitrogens with one attached hydrogen (secondary N) is 1. The van der Waals surface area contributed by atoms with E-state index in [2.05, 4.69) is 16.9 Å². The first-order valence-corrected chi connectivity index (χ1v) is 9.58. The molecule has 124 valence electrons. The summed E-state index contributed by atoms with van der Waals surface area (Å²) in [6.07, 6.45) is 1.61. The average Bonchev–Trinajstić information content (AvgIpc) is 2.60. The number of sulfonamides is 1. The van der Waals surface area contributed by atoms with Gasteiger partial charge in [-0.15, -0.1) is 0 Å². The maximum atomic E-state index is 12.8. The Balaban J connectivity index is 1.75. The van der Waals surface area contributed by atoms with Gasteiger partial charge in [0.2, 0.25) is 10.0 Å². The van der Waals surface area contributed by atoms with Gasteiger partial charge in [0, 0.05) is 11.4 Å². The highest BCUT2D eigenvalue weighted by Crippen LogP contribution is 2.23. The lowest BCUT2D eigenvalue weighted by Gasteiger charge is -2.15. The number of rotatable bonds is 6. The first kappa shape index (κ1) is 16.7. The molecule has 0 fully saturated rings. The zero-order valence-electron chi connectivity index (χ0n) is 13.6. The van der Waals surface area contributed by atoms with E-state index in [1.165, 1.54) is 5.56 Å². The Morgan fingerprint density at radius 3 is 2.33 bits per heavy atom.